The Kier molecular flexibility index (Phi) is 7.92. The second kappa shape index (κ2) is 11.3. The Balaban J connectivity index is 2.00. The minimum absolute atomic E-state index is 0.0624. The smallest absolute Gasteiger partial charge is 0.338 e. The van der Waals surface area contributed by atoms with E-state index in [0.717, 1.165) is 11.3 Å². The summed E-state index contributed by atoms with van der Waals surface area (Å²) in [6.45, 7) is 4.76. The van der Waals surface area contributed by atoms with E-state index in [4.69, 9.17) is 15.9 Å². The predicted octanol–water partition coefficient (Wildman–Crippen LogP) is 2.94. The number of esters is 1. The second-order valence-corrected chi connectivity index (χ2v) is 9.59. The third kappa shape index (κ3) is 5.25. The van der Waals surface area contributed by atoms with Gasteiger partial charge in [0.25, 0.3) is 16.9 Å². The largest absolute Gasteiger partial charge is 0.480 e. The Morgan fingerprint density at radius 3 is 2.60 bits per heavy atom. The molecule has 3 aromatic rings. The van der Waals surface area contributed by atoms with Crippen LogP contribution in [-0.2, 0) is 9.53 Å². The Hall–Kier alpha value is -5.09. The standard InChI is InChI=1S/C27H22N4O8S/c1-5-11-39-21-10-9-19(30(34)35)12-18(21)14-22-25(32)29-24(17-8-7-15(3)20(13-17)31(36)37)23(26(33)38-6-2)16(4)28-27(29)40-22/h1,7-10,12-14,24H,6,11H2,2-4H3/b22-14+/t24-/m0/s1. The first-order chi connectivity index (χ1) is 19.1. The summed E-state index contributed by atoms with van der Waals surface area (Å²) >= 11 is 0.989. The van der Waals surface area contributed by atoms with Crippen LogP contribution in [0, 0.1) is 39.5 Å². The van der Waals surface area contributed by atoms with Gasteiger partial charge in [-0.05, 0) is 38.5 Å². The average Bonchev–Trinajstić information content (AvgIpc) is 3.21. The highest BCUT2D eigenvalue weighted by Crippen LogP contribution is 2.33. The molecular formula is C27H22N4O8S. The molecule has 40 heavy (non-hydrogen) atoms. The molecule has 4 rings (SSSR count). The zero-order chi connectivity index (χ0) is 29.1. The summed E-state index contributed by atoms with van der Waals surface area (Å²) in [4.78, 5) is 53.5. The van der Waals surface area contributed by atoms with Gasteiger partial charge in [0.05, 0.1) is 38.3 Å². The fourth-order valence-electron chi connectivity index (χ4n) is 4.25. The van der Waals surface area contributed by atoms with Gasteiger partial charge in [-0.3, -0.25) is 29.6 Å². The van der Waals surface area contributed by atoms with Gasteiger partial charge in [0.15, 0.2) is 4.80 Å². The molecular weight excluding hydrogens is 540 g/mol. The number of benzene rings is 2. The number of nitro benzene ring substituents is 2. The lowest BCUT2D eigenvalue weighted by Crippen LogP contribution is -2.40. The molecule has 2 heterocycles. The number of non-ortho nitro benzene ring substituents is 1. The van der Waals surface area contributed by atoms with E-state index in [1.54, 1.807) is 32.9 Å². The fourth-order valence-corrected chi connectivity index (χ4v) is 5.29. The van der Waals surface area contributed by atoms with Gasteiger partial charge in [0.1, 0.15) is 12.4 Å². The van der Waals surface area contributed by atoms with E-state index in [1.807, 2.05) is 0 Å². The number of nitrogens with zero attached hydrogens (tertiary/aromatic N) is 4. The molecule has 1 aromatic heterocycles. The Morgan fingerprint density at radius 1 is 1.20 bits per heavy atom. The van der Waals surface area contributed by atoms with Crippen LogP contribution in [0.3, 0.4) is 0 Å². The topological polar surface area (TPSA) is 156 Å². The quantitative estimate of drug-likeness (QED) is 0.176. The maximum absolute atomic E-state index is 13.8. The first-order valence-corrected chi connectivity index (χ1v) is 12.7. The minimum atomic E-state index is -1.07. The van der Waals surface area contributed by atoms with Crippen molar-refractivity contribution in [2.75, 3.05) is 13.2 Å². The molecule has 2 aromatic carbocycles. The fraction of sp³-hybridized carbons (Fsp3) is 0.222. The van der Waals surface area contributed by atoms with Crippen molar-refractivity contribution in [2.24, 2.45) is 4.99 Å². The molecule has 0 aliphatic carbocycles. The highest BCUT2D eigenvalue weighted by atomic mass is 32.1. The Morgan fingerprint density at radius 2 is 1.95 bits per heavy atom. The number of hydrogen-bond acceptors (Lipinski definition) is 10. The highest BCUT2D eigenvalue weighted by molar-refractivity contribution is 7.07. The first kappa shape index (κ1) is 27.9. The SMILES string of the molecule is C#CCOc1ccc([N+](=O)[O-])cc1/C=c1/sc2n(c1=O)[C@@H](c1ccc(C)c([N+](=O)[O-])c1)C(C(=O)OCC)=C(C)N=2. The number of aryl methyl sites for hydroxylation is 1. The van der Waals surface area contributed by atoms with Gasteiger partial charge < -0.3 is 9.47 Å². The van der Waals surface area contributed by atoms with Gasteiger partial charge in [-0.2, -0.15) is 0 Å². The molecule has 0 saturated carbocycles. The van der Waals surface area contributed by atoms with Crippen LogP contribution in [0.2, 0.25) is 0 Å². The normalized spacial score (nSPS) is 14.7. The third-order valence-corrected chi connectivity index (χ3v) is 7.05. The van der Waals surface area contributed by atoms with Crippen molar-refractivity contribution < 1.29 is 24.1 Å². The molecule has 0 unspecified atom stereocenters. The Bertz CT molecular complexity index is 1810. The summed E-state index contributed by atoms with van der Waals surface area (Å²) in [5.74, 6) is 1.83. The summed E-state index contributed by atoms with van der Waals surface area (Å²) in [6.07, 6.45) is 6.70. The zero-order valence-electron chi connectivity index (χ0n) is 21.6. The Labute approximate surface area is 230 Å². The highest BCUT2D eigenvalue weighted by Gasteiger charge is 2.34. The van der Waals surface area contributed by atoms with E-state index < -0.39 is 27.4 Å². The van der Waals surface area contributed by atoms with E-state index in [0.29, 0.717) is 11.1 Å². The first-order valence-electron chi connectivity index (χ1n) is 11.9. The molecule has 0 amide bonds. The van der Waals surface area contributed by atoms with Crippen molar-refractivity contribution in [1.29, 1.82) is 0 Å². The molecule has 0 fully saturated rings. The van der Waals surface area contributed by atoms with Crippen LogP contribution >= 0.6 is 11.3 Å². The van der Waals surface area contributed by atoms with Crippen molar-refractivity contribution in [1.82, 2.24) is 4.57 Å². The molecule has 0 bridgehead atoms. The summed E-state index contributed by atoms with van der Waals surface area (Å²) in [5.41, 5.74) is 0.335. The number of hydrogen-bond donors (Lipinski definition) is 0. The summed E-state index contributed by atoms with van der Waals surface area (Å²) in [7, 11) is 0. The van der Waals surface area contributed by atoms with Crippen molar-refractivity contribution >= 4 is 34.8 Å². The van der Waals surface area contributed by atoms with Gasteiger partial charge >= 0.3 is 5.97 Å². The lowest BCUT2D eigenvalue weighted by molar-refractivity contribution is -0.385. The van der Waals surface area contributed by atoms with Gasteiger partial charge in [-0.15, -0.1) is 6.42 Å². The van der Waals surface area contributed by atoms with Crippen LogP contribution in [0.25, 0.3) is 6.08 Å². The number of terminal acetylenes is 1. The zero-order valence-corrected chi connectivity index (χ0v) is 22.4. The number of aromatic nitrogens is 1. The summed E-state index contributed by atoms with van der Waals surface area (Å²) in [5, 5.41) is 23.1. The van der Waals surface area contributed by atoms with Crippen LogP contribution < -0.4 is 19.6 Å². The summed E-state index contributed by atoms with van der Waals surface area (Å²) in [6, 6.07) is 7.29. The monoisotopic (exact) mass is 562 g/mol. The van der Waals surface area contributed by atoms with Gasteiger partial charge in [-0.25, -0.2) is 9.79 Å². The number of carbonyl (C=O) groups excluding carboxylic acids is 1. The molecule has 0 radical (unpaired) electrons. The lowest BCUT2D eigenvalue weighted by Gasteiger charge is -2.24. The molecule has 1 aliphatic rings. The maximum atomic E-state index is 13.8. The summed E-state index contributed by atoms with van der Waals surface area (Å²) < 4.78 is 12.2. The molecule has 1 atom stereocenters. The number of carbonyl (C=O) groups is 1. The minimum Gasteiger partial charge on any atom is -0.480 e. The predicted molar refractivity (Wildman–Crippen MR) is 146 cm³/mol. The van der Waals surface area contributed by atoms with Crippen molar-refractivity contribution in [3.63, 3.8) is 0 Å². The molecule has 204 valence electrons. The van der Waals surface area contributed by atoms with E-state index in [2.05, 4.69) is 10.9 Å². The number of allylic oxidation sites excluding steroid dienone is 1. The van der Waals surface area contributed by atoms with E-state index in [9.17, 15) is 29.8 Å². The van der Waals surface area contributed by atoms with Crippen molar-refractivity contribution in [2.45, 2.75) is 26.8 Å². The molecule has 0 spiro atoms. The van der Waals surface area contributed by atoms with Gasteiger partial charge in [-0.1, -0.05) is 29.4 Å². The van der Waals surface area contributed by atoms with Crippen LogP contribution in [0.5, 0.6) is 5.75 Å². The van der Waals surface area contributed by atoms with Crippen LogP contribution in [0.4, 0.5) is 11.4 Å². The third-order valence-electron chi connectivity index (χ3n) is 6.06. The van der Waals surface area contributed by atoms with Crippen molar-refractivity contribution in [3.05, 3.63) is 104 Å². The van der Waals surface area contributed by atoms with E-state index in [-0.39, 0.29) is 56.5 Å². The molecule has 1 aliphatic heterocycles. The number of ether oxygens (including phenoxy) is 2. The van der Waals surface area contributed by atoms with Gasteiger partial charge in [0.2, 0.25) is 0 Å². The lowest BCUT2D eigenvalue weighted by atomic mass is 9.94. The maximum Gasteiger partial charge on any atom is 0.338 e. The van der Waals surface area contributed by atoms with Crippen LogP contribution in [-0.4, -0.2) is 33.6 Å². The number of rotatable bonds is 8. The van der Waals surface area contributed by atoms with Crippen LogP contribution in [0.15, 0.2) is 57.5 Å². The number of fused-ring (bicyclic) bond motifs is 1. The van der Waals surface area contributed by atoms with E-state index >= 15 is 0 Å². The molecule has 13 heteroatoms. The van der Waals surface area contributed by atoms with Crippen LogP contribution in [0.1, 0.15) is 36.6 Å². The number of thiazole rings is 1. The van der Waals surface area contributed by atoms with Crippen molar-refractivity contribution in [3.8, 4) is 18.1 Å². The number of nitro groups is 2. The molecule has 0 saturated heterocycles. The molecule has 0 N–H and O–H groups in total. The molecule has 12 nitrogen and oxygen atoms in total. The average molecular weight is 563 g/mol. The van der Waals surface area contributed by atoms with E-state index in [1.165, 1.54) is 34.9 Å². The second-order valence-electron chi connectivity index (χ2n) is 8.58. The van der Waals surface area contributed by atoms with Gasteiger partial charge in [0, 0.05) is 29.3 Å².